The molecule has 2 N–H and O–H groups in total. The second-order valence-corrected chi connectivity index (χ2v) is 3.39. The molecule has 0 atom stereocenters. The van der Waals surface area contributed by atoms with E-state index in [2.05, 4.69) is 11.2 Å². The zero-order valence-electron chi connectivity index (χ0n) is 9.94. The van der Waals surface area contributed by atoms with Crippen LogP contribution in [0.15, 0.2) is 0 Å². The standard InChI is InChI=1S/C11H18N2O4/c1-3-7-13(9-10(14)15)11(16)12-6-4-5-8-17-2/h1H,4-9H2,2H3,(H,12,16)(H,14,15). The van der Waals surface area contributed by atoms with Gasteiger partial charge in [0.2, 0.25) is 0 Å². The van der Waals surface area contributed by atoms with Gasteiger partial charge in [0.1, 0.15) is 6.54 Å². The highest BCUT2D eigenvalue weighted by Crippen LogP contribution is 1.91. The Bertz CT molecular complexity index is 286. The third-order valence-corrected chi connectivity index (χ3v) is 1.95. The third-order valence-electron chi connectivity index (χ3n) is 1.95. The van der Waals surface area contributed by atoms with Crippen molar-refractivity contribution in [3.63, 3.8) is 0 Å². The molecule has 0 saturated carbocycles. The van der Waals surface area contributed by atoms with E-state index < -0.39 is 18.5 Å². The van der Waals surface area contributed by atoms with E-state index in [0.29, 0.717) is 13.2 Å². The van der Waals surface area contributed by atoms with Crippen LogP contribution in [-0.4, -0.2) is 55.4 Å². The Morgan fingerprint density at radius 1 is 1.47 bits per heavy atom. The fourth-order valence-electron chi connectivity index (χ4n) is 1.15. The Kier molecular flexibility index (Phi) is 8.51. The molecule has 0 fully saturated rings. The highest BCUT2D eigenvalue weighted by molar-refractivity contribution is 5.80. The van der Waals surface area contributed by atoms with Gasteiger partial charge in [-0.05, 0) is 12.8 Å². The van der Waals surface area contributed by atoms with Crippen LogP contribution in [0.3, 0.4) is 0 Å². The molecular formula is C11H18N2O4. The second kappa shape index (κ2) is 9.48. The van der Waals surface area contributed by atoms with Gasteiger partial charge in [-0.25, -0.2) is 4.79 Å². The first-order valence-corrected chi connectivity index (χ1v) is 5.28. The van der Waals surface area contributed by atoms with Gasteiger partial charge < -0.3 is 20.1 Å². The molecule has 17 heavy (non-hydrogen) atoms. The number of urea groups is 1. The van der Waals surface area contributed by atoms with Gasteiger partial charge >= 0.3 is 12.0 Å². The summed E-state index contributed by atoms with van der Waals surface area (Å²) in [7, 11) is 1.61. The Balaban J connectivity index is 3.89. The molecule has 0 aliphatic rings. The van der Waals surface area contributed by atoms with Crippen LogP contribution in [-0.2, 0) is 9.53 Å². The van der Waals surface area contributed by atoms with Crippen LogP contribution >= 0.6 is 0 Å². The molecule has 0 aromatic rings. The minimum Gasteiger partial charge on any atom is -0.480 e. The van der Waals surface area contributed by atoms with Crippen LogP contribution in [0.4, 0.5) is 4.79 Å². The quantitative estimate of drug-likeness (QED) is 0.469. The number of carbonyl (C=O) groups excluding carboxylic acids is 1. The maximum atomic E-state index is 11.5. The number of terminal acetylenes is 1. The van der Waals surface area contributed by atoms with Crippen LogP contribution in [0.25, 0.3) is 0 Å². The monoisotopic (exact) mass is 242 g/mol. The average molecular weight is 242 g/mol. The molecular weight excluding hydrogens is 224 g/mol. The van der Waals surface area contributed by atoms with E-state index in [1.54, 1.807) is 7.11 Å². The van der Waals surface area contributed by atoms with Crippen molar-refractivity contribution in [1.29, 1.82) is 0 Å². The van der Waals surface area contributed by atoms with Crippen LogP contribution in [0, 0.1) is 12.3 Å². The smallest absolute Gasteiger partial charge is 0.323 e. The lowest BCUT2D eigenvalue weighted by atomic mass is 10.3. The lowest BCUT2D eigenvalue weighted by Gasteiger charge is -2.18. The summed E-state index contributed by atoms with van der Waals surface area (Å²) in [6.07, 6.45) is 6.67. The third kappa shape index (κ3) is 8.11. The zero-order valence-corrected chi connectivity index (χ0v) is 9.94. The van der Waals surface area contributed by atoms with Crippen LogP contribution in [0.5, 0.6) is 0 Å². The van der Waals surface area contributed by atoms with Crippen LogP contribution in [0.2, 0.25) is 0 Å². The molecule has 0 heterocycles. The number of amides is 2. The van der Waals surface area contributed by atoms with Gasteiger partial charge in [0.25, 0.3) is 0 Å². The topological polar surface area (TPSA) is 78.9 Å². The predicted molar refractivity (Wildman–Crippen MR) is 62.6 cm³/mol. The molecule has 0 aromatic heterocycles. The van der Waals surface area contributed by atoms with Gasteiger partial charge in [-0.3, -0.25) is 4.79 Å². The summed E-state index contributed by atoms with van der Waals surface area (Å²) in [4.78, 5) is 23.1. The molecule has 6 heteroatoms. The molecule has 0 aliphatic heterocycles. The number of methoxy groups -OCH3 is 1. The van der Waals surface area contributed by atoms with Crippen molar-refractivity contribution in [3.05, 3.63) is 0 Å². The fourth-order valence-corrected chi connectivity index (χ4v) is 1.15. The van der Waals surface area contributed by atoms with Gasteiger partial charge in [0, 0.05) is 20.3 Å². The first kappa shape index (κ1) is 15.3. The average Bonchev–Trinajstić information content (AvgIpc) is 2.27. The lowest BCUT2D eigenvalue weighted by molar-refractivity contribution is -0.137. The van der Waals surface area contributed by atoms with Gasteiger partial charge in [0.05, 0.1) is 6.54 Å². The maximum Gasteiger partial charge on any atom is 0.323 e. The summed E-state index contributed by atoms with van der Waals surface area (Å²) in [6.45, 7) is 0.701. The van der Waals surface area contributed by atoms with Crippen molar-refractivity contribution in [1.82, 2.24) is 10.2 Å². The van der Waals surface area contributed by atoms with Crippen LogP contribution < -0.4 is 5.32 Å². The molecule has 0 aliphatic carbocycles. The van der Waals surface area contributed by atoms with Crippen molar-refractivity contribution in [2.45, 2.75) is 12.8 Å². The van der Waals surface area contributed by atoms with E-state index >= 15 is 0 Å². The van der Waals surface area contributed by atoms with Crippen LogP contribution in [0.1, 0.15) is 12.8 Å². The van der Waals surface area contributed by atoms with E-state index in [0.717, 1.165) is 17.7 Å². The fraction of sp³-hybridized carbons (Fsp3) is 0.636. The molecule has 0 saturated heterocycles. The van der Waals surface area contributed by atoms with E-state index in [1.807, 2.05) is 0 Å². The number of hydrogen-bond donors (Lipinski definition) is 2. The maximum absolute atomic E-state index is 11.5. The molecule has 0 spiro atoms. The highest BCUT2D eigenvalue weighted by atomic mass is 16.5. The Labute approximate surface area is 101 Å². The predicted octanol–water partition coefficient (Wildman–Crippen LogP) is 0.142. The number of rotatable bonds is 8. The summed E-state index contributed by atoms with van der Waals surface area (Å²) < 4.78 is 4.86. The number of ether oxygens (including phenoxy) is 1. The number of carboxylic acids is 1. The lowest BCUT2D eigenvalue weighted by Crippen LogP contribution is -2.43. The molecule has 0 unspecified atom stereocenters. The van der Waals surface area contributed by atoms with Crippen molar-refractivity contribution in [2.24, 2.45) is 0 Å². The second-order valence-electron chi connectivity index (χ2n) is 3.39. The van der Waals surface area contributed by atoms with E-state index in [1.165, 1.54) is 0 Å². The first-order chi connectivity index (χ1) is 8.11. The van der Waals surface area contributed by atoms with Gasteiger partial charge in [-0.15, -0.1) is 6.42 Å². The summed E-state index contributed by atoms with van der Waals surface area (Å²) in [5.74, 6) is 1.16. The normalized spacial score (nSPS) is 9.41. The minimum atomic E-state index is -1.09. The number of carbonyl (C=O) groups is 2. The zero-order chi connectivity index (χ0) is 13.1. The molecule has 0 bridgehead atoms. The molecule has 6 nitrogen and oxygen atoms in total. The van der Waals surface area contributed by atoms with Crippen molar-refractivity contribution >= 4 is 12.0 Å². The summed E-state index contributed by atoms with van der Waals surface area (Å²) in [6, 6.07) is -0.456. The number of nitrogens with zero attached hydrogens (tertiary/aromatic N) is 1. The summed E-state index contributed by atoms with van der Waals surface area (Å²) in [5.41, 5.74) is 0. The van der Waals surface area contributed by atoms with Gasteiger partial charge in [0.15, 0.2) is 0 Å². The SMILES string of the molecule is C#CCN(CC(=O)O)C(=O)NCCCCOC. The molecule has 2 amide bonds. The number of nitrogens with one attached hydrogen (secondary N) is 1. The largest absolute Gasteiger partial charge is 0.480 e. The van der Waals surface area contributed by atoms with Gasteiger partial charge in [-0.1, -0.05) is 5.92 Å². The first-order valence-electron chi connectivity index (χ1n) is 5.28. The minimum absolute atomic E-state index is 0.0177. The number of carboxylic acid groups (broad SMARTS) is 1. The molecule has 96 valence electrons. The van der Waals surface area contributed by atoms with Crippen molar-refractivity contribution < 1.29 is 19.4 Å². The number of unbranched alkanes of at least 4 members (excludes halogenated alkanes) is 1. The van der Waals surface area contributed by atoms with E-state index in [9.17, 15) is 9.59 Å². The number of hydrogen-bond acceptors (Lipinski definition) is 3. The number of aliphatic carboxylic acids is 1. The van der Waals surface area contributed by atoms with Gasteiger partial charge in [-0.2, -0.15) is 0 Å². The Morgan fingerprint density at radius 2 is 2.18 bits per heavy atom. The molecule has 0 aromatic carbocycles. The van der Waals surface area contributed by atoms with E-state index in [-0.39, 0.29) is 6.54 Å². The Hall–Kier alpha value is -1.74. The van der Waals surface area contributed by atoms with Crippen molar-refractivity contribution in [3.8, 4) is 12.3 Å². The van der Waals surface area contributed by atoms with E-state index in [4.69, 9.17) is 16.3 Å². The van der Waals surface area contributed by atoms with Crippen molar-refractivity contribution in [2.75, 3.05) is 33.4 Å². The molecule has 0 radical (unpaired) electrons. The molecule has 0 rings (SSSR count). The Morgan fingerprint density at radius 3 is 2.71 bits per heavy atom. The highest BCUT2D eigenvalue weighted by Gasteiger charge is 2.14. The summed E-state index contributed by atoms with van der Waals surface area (Å²) in [5, 5.41) is 11.2. The summed E-state index contributed by atoms with van der Waals surface area (Å²) >= 11 is 0.